The van der Waals surface area contributed by atoms with E-state index in [0.29, 0.717) is 0 Å². The molecule has 0 radical (unpaired) electrons. The van der Waals surface area contributed by atoms with E-state index in [4.69, 9.17) is 0 Å². The summed E-state index contributed by atoms with van der Waals surface area (Å²) >= 11 is 0. The van der Waals surface area contributed by atoms with Crippen LogP contribution >= 0.6 is 23.5 Å². The van der Waals surface area contributed by atoms with Gasteiger partial charge in [-0.2, -0.15) is 0 Å². The van der Waals surface area contributed by atoms with Gasteiger partial charge in [0, 0.05) is 0 Å². The van der Waals surface area contributed by atoms with E-state index in [2.05, 4.69) is 27.1 Å². The minimum Gasteiger partial charge on any atom is -0.756 e. The summed E-state index contributed by atoms with van der Waals surface area (Å²) in [5, 5.41) is 0. The number of hydrogen-bond donors (Lipinski definition) is 0. The Morgan fingerprint density at radius 1 is 0.375 bits per heavy atom. The standard InChI is InChI=1S/3C8H19O4P.Al/c3*1-3-5-7-11-13(9,10)12-8-6-4-2;/h3*3-8H2,1-2H3,(H,9,10);/q;;;+3/p-3. The van der Waals surface area contributed by atoms with Crippen LogP contribution in [-0.4, -0.2) is 57.0 Å². The quantitative estimate of drug-likeness (QED) is 0.0687. The van der Waals surface area contributed by atoms with Gasteiger partial charge < -0.3 is 41.8 Å². The fraction of sp³-hybridized carbons (Fsp3) is 1.00. The van der Waals surface area contributed by atoms with Crippen molar-refractivity contribution in [2.24, 2.45) is 0 Å². The van der Waals surface area contributed by atoms with Crippen molar-refractivity contribution in [3.05, 3.63) is 0 Å². The summed E-state index contributed by atoms with van der Waals surface area (Å²) in [7, 11) is -12.0. The molecule has 0 aromatic rings. The average Bonchev–Trinajstić information content (AvgIpc) is 2.85. The Balaban J connectivity index is -0.000000240. The van der Waals surface area contributed by atoms with Crippen molar-refractivity contribution in [1.29, 1.82) is 0 Å². The monoisotopic (exact) mass is 654 g/mol. The van der Waals surface area contributed by atoms with Gasteiger partial charge in [0.15, 0.2) is 0 Å². The van der Waals surface area contributed by atoms with Crippen LogP contribution in [0.5, 0.6) is 0 Å². The molecule has 0 saturated heterocycles. The molecule has 0 aliphatic carbocycles. The van der Waals surface area contributed by atoms with Gasteiger partial charge in [-0.25, -0.2) is 0 Å². The molecule has 0 aliphatic heterocycles. The summed E-state index contributed by atoms with van der Waals surface area (Å²) in [6.45, 7) is 13.2. The number of rotatable bonds is 24. The summed E-state index contributed by atoms with van der Waals surface area (Å²) in [5.74, 6) is 0. The Labute approximate surface area is 254 Å². The van der Waals surface area contributed by atoms with Crippen LogP contribution in [0.15, 0.2) is 0 Å². The molecule has 0 rings (SSSR count). The second kappa shape index (κ2) is 32.8. The molecule has 240 valence electrons. The van der Waals surface area contributed by atoms with E-state index >= 15 is 0 Å². The fourth-order valence-electron chi connectivity index (χ4n) is 2.04. The maximum Gasteiger partial charge on any atom is 3.00 e. The number of unbranched alkanes of at least 4 members (excludes halogenated alkanes) is 6. The van der Waals surface area contributed by atoms with Crippen LogP contribution in [-0.2, 0) is 40.8 Å². The predicted molar refractivity (Wildman–Crippen MR) is 154 cm³/mol. The second-order valence-corrected chi connectivity index (χ2v) is 12.7. The van der Waals surface area contributed by atoms with Crippen LogP contribution in [0.2, 0.25) is 0 Å². The molecule has 40 heavy (non-hydrogen) atoms. The van der Waals surface area contributed by atoms with Crippen molar-refractivity contribution in [3.8, 4) is 0 Å². The van der Waals surface area contributed by atoms with E-state index in [1.165, 1.54) is 0 Å². The molecule has 0 fully saturated rings. The zero-order valence-electron chi connectivity index (χ0n) is 25.5. The van der Waals surface area contributed by atoms with Crippen molar-refractivity contribution in [3.63, 3.8) is 0 Å². The van der Waals surface area contributed by atoms with Crippen LogP contribution < -0.4 is 14.7 Å². The number of phosphoric ester groups is 3. The summed E-state index contributed by atoms with van der Waals surface area (Å²) in [4.78, 5) is 32.9. The minimum absolute atomic E-state index is 0. The molecular formula is C24H54AlO12P3. The molecule has 0 aromatic heterocycles. The maximum atomic E-state index is 11.0. The molecule has 0 spiro atoms. The van der Waals surface area contributed by atoms with Crippen LogP contribution in [0.4, 0.5) is 0 Å². The predicted octanol–water partition coefficient (Wildman–Crippen LogP) is 5.88. The molecule has 16 heteroatoms. The van der Waals surface area contributed by atoms with Gasteiger partial charge in [0.1, 0.15) is 0 Å². The number of hydrogen-bond acceptors (Lipinski definition) is 12. The minimum atomic E-state index is -4.00. The molecule has 0 N–H and O–H groups in total. The molecule has 0 aliphatic rings. The van der Waals surface area contributed by atoms with E-state index in [1.807, 2.05) is 41.5 Å². The average molecular weight is 655 g/mol. The summed E-state index contributed by atoms with van der Waals surface area (Å²) in [5.41, 5.74) is 0. The Hall–Kier alpha value is 0.862. The zero-order chi connectivity index (χ0) is 30.5. The van der Waals surface area contributed by atoms with Gasteiger partial charge in [-0.1, -0.05) is 80.1 Å². The van der Waals surface area contributed by atoms with E-state index in [1.54, 1.807) is 0 Å². The van der Waals surface area contributed by atoms with Crippen molar-refractivity contribution in [2.75, 3.05) is 39.6 Å². The molecule has 0 amide bonds. The fourth-order valence-corrected chi connectivity index (χ4v) is 4.38. The van der Waals surface area contributed by atoms with Crippen LogP contribution in [0.25, 0.3) is 0 Å². The first kappa shape index (κ1) is 47.8. The Morgan fingerprint density at radius 3 is 0.600 bits per heavy atom. The van der Waals surface area contributed by atoms with Crippen LogP contribution in [0.1, 0.15) is 119 Å². The van der Waals surface area contributed by atoms with Gasteiger partial charge in [0.25, 0.3) is 23.5 Å². The molecule has 12 nitrogen and oxygen atoms in total. The van der Waals surface area contributed by atoms with E-state index in [0.717, 1.165) is 77.0 Å². The SMILES string of the molecule is CCCCOP(=O)([O-])OCCCC.CCCCOP(=O)([O-])OCCCC.CCCCOP(=O)([O-])OCCCC.[Al+3]. The van der Waals surface area contributed by atoms with Crippen molar-refractivity contribution in [2.45, 2.75) is 119 Å². The van der Waals surface area contributed by atoms with Crippen LogP contribution in [0, 0.1) is 0 Å². The molecule has 0 unspecified atom stereocenters. The van der Waals surface area contributed by atoms with Gasteiger partial charge in [-0.15, -0.1) is 0 Å². The summed E-state index contributed by atoms with van der Waals surface area (Å²) < 4.78 is 60.5. The van der Waals surface area contributed by atoms with E-state index < -0.39 is 23.5 Å². The Kier molecular flexibility index (Phi) is 39.1. The summed E-state index contributed by atoms with van der Waals surface area (Å²) in [6, 6.07) is 0. The third kappa shape index (κ3) is 41.0. The molecule has 0 aromatic carbocycles. The van der Waals surface area contributed by atoms with Crippen LogP contribution in [0.3, 0.4) is 0 Å². The normalized spacial score (nSPS) is 11.6. The van der Waals surface area contributed by atoms with Crippen molar-refractivity contribution >= 4 is 40.8 Å². The van der Waals surface area contributed by atoms with E-state index in [-0.39, 0.29) is 57.0 Å². The maximum absolute atomic E-state index is 11.0. The zero-order valence-corrected chi connectivity index (χ0v) is 29.4. The van der Waals surface area contributed by atoms with Gasteiger partial charge in [-0.05, 0) is 38.5 Å². The van der Waals surface area contributed by atoms with Crippen molar-refractivity contribution < 1.29 is 55.5 Å². The molecule has 0 saturated carbocycles. The molecule has 0 bridgehead atoms. The number of phosphoric acid groups is 3. The Morgan fingerprint density at radius 2 is 0.500 bits per heavy atom. The Bertz CT molecular complexity index is 531. The van der Waals surface area contributed by atoms with Gasteiger partial charge in [0.2, 0.25) is 0 Å². The van der Waals surface area contributed by atoms with Crippen molar-refractivity contribution in [1.82, 2.24) is 0 Å². The third-order valence-electron chi connectivity index (χ3n) is 4.48. The first-order valence-corrected chi connectivity index (χ1v) is 18.5. The molecule has 0 atom stereocenters. The topological polar surface area (TPSA) is 176 Å². The van der Waals surface area contributed by atoms with Gasteiger partial charge in [-0.3, -0.25) is 13.7 Å². The van der Waals surface area contributed by atoms with Gasteiger partial charge in [0.05, 0.1) is 39.6 Å². The first-order valence-electron chi connectivity index (χ1n) is 14.2. The van der Waals surface area contributed by atoms with Gasteiger partial charge >= 0.3 is 17.4 Å². The molecular weight excluding hydrogens is 600 g/mol. The largest absolute Gasteiger partial charge is 3.00 e. The summed E-state index contributed by atoms with van der Waals surface area (Å²) in [6.07, 6.45) is 9.91. The smallest absolute Gasteiger partial charge is 0.756 e. The molecule has 0 heterocycles. The van der Waals surface area contributed by atoms with E-state index in [9.17, 15) is 28.4 Å². The first-order chi connectivity index (χ1) is 18.4. The third-order valence-corrected chi connectivity index (χ3v) is 7.48. The second-order valence-electron chi connectivity index (χ2n) is 8.46.